The van der Waals surface area contributed by atoms with Crippen LogP contribution in [-0.4, -0.2) is 57.1 Å². The highest BCUT2D eigenvalue weighted by atomic mass is 16.5. The van der Waals surface area contributed by atoms with Gasteiger partial charge in [-0.15, -0.1) is 0 Å². The summed E-state index contributed by atoms with van der Waals surface area (Å²) in [5, 5.41) is 14.0. The molecule has 2 fully saturated rings. The fourth-order valence-corrected chi connectivity index (χ4v) is 5.06. The quantitative estimate of drug-likeness (QED) is 0.906. The lowest BCUT2D eigenvalue weighted by atomic mass is 9.88. The van der Waals surface area contributed by atoms with Crippen LogP contribution in [-0.2, 0) is 24.1 Å². The third kappa shape index (κ3) is 3.10. The zero-order chi connectivity index (χ0) is 17.4. The monoisotopic (exact) mass is 347 g/mol. The van der Waals surface area contributed by atoms with Gasteiger partial charge >= 0.3 is 5.97 Å². The Labute approximate surface area is 149 Å². The highest BCUT2D eigenvalue weighted by Crippen LogP contribution is 2.38. The standard InChI is InChI=1S/C19H29N3O3/c1-2-9-22-16-6-5-14(12-15(16)17(20-22)18(23)24)21-10-11-25-19(13-21)7-3-4-8-19/h14H,2-13H2,1H3,(H,23,24)/t14-/m0/s1. The van der Waals surface area contributed by atoms with Crippen LogP contribution in [0.25, 0.3) is 0 Å². The number of carbonyl (C=O) groups is 1. The molecular formula is C19H29N3O3. The van der Waals surface area contributed by atoms with Crippen LogP contribution in [0, 0.1) is 0 Å². The second-order valence-electron chi connectivity index (χ2n) is 7.91. The van der Waals surface area contributed by atoms with Crippen molar-refractivity contribution in [3.8, 4) is 0 Å². The molecule has 1 N–H and O–H groups in total. The van der Waals surface area contributed by atoms with E-state index < -0.39 is 5.97 Å². The van der Waals surface area contributed by atoms with Gasteiger partial charge in [-0.3, -0.25) is 9.58 Å². The van der Waals surface area contributed by atoms with E-state index in [0.717, 1.165) is 63.2 Å². The molecule has 4 rings (SSSR count). The van der Waals surface area contributed by atoms with Crippen molar-refractivity contribution < 1.29 is 14.6 Å². The predicted molar refractivity (Wildman–Crippen MR) is 94.0 cm³/mol. The topological polar surface area (TPSA) is 67.6 Å². The Balaban J connectivity index is 1.55. The molecule has 3 aliphatic rings. The number of fused-ring (bicyclic) bond motifs is 1. The van der Waals surface area contributed by atoms with Crippen LogP contribution in [0.3, 0.4) is 0 Å². The Morgan fingerprint density at radius 1 is 1.40 bits per heavy atom. The normalized spacial score (nSPS) is 26.0. The van der Waals surface area contributed by atoms with Gasteiger partial charge in [-0.1, -0.05) is 19.8 Å². The molecule has 0 bridgehead atoms. The fourth-order valence-electron chi connectivity index (χ4n) is 5.06. The number of hydrogen-bond acceptors (Lipinski definition) is 4. The summed E-state index contributed by atoms with van der Waals surface area (Å²) < 4.78 is 8.10. The summed E-state index contributed by atoms with van der Waals surface area (Å²) in [5.74, 6) is -0.888. The molecule has 0 aromatic carbocycles. The molecule has 1 spiro atoms. The minimum Gasteiger partial charge on any atom is -0.476 e. The summed E-state index contributed by atoms with van der Waals surface area (Å²) in [6, 6.07) is 0.422. The van der Waals surface area contributed by atoms with Crippen LogP contribution in [0.5, 0.6) is 0 Å². The summed E-state index contributed by atoms with van der Waals surface area (Å²) in [6.45, 7) is 5.70. The molecule has 6 nitrogen and oxygen atoms in total. The van der Waals surface area contributed by atoms with Crippen LogP contribution in [0.4, 0.5) is 0 Å². The van der Waals surface area contributed by atoms with Crippen molar-refractivity contribution >= 4 is 5.97 Å². The zero-order valence-corrected chi connectivity index (χ0v) is 15.2. The number of hydrogen-bond donors (Lipinski definition) is 1. The molecule has 6 heteroatoms. The van der Waals surface area contributed by atoms with Crippen molar-refractivity contribution in [1.29, 1.82) is 0 Å². The number of ether oxygens (including phenoxy) is 1. The van der Waals surface area contributed by atoms with E-state index in [9.17, 15) is 9.90 Å². The predicted octanol–water partition coefficient (Wildman–Crippen LogP) is 2.49. The zero-order valence-electron chi connectivity index (χ0n) is 15.2. The number of aryl methyl sites for hydroxylation is 1. The molecule has 1 aliphatic heterocycles. The van der Waals surface area contributed by atoms with E-state index in [4.69, 9.17) is 4.74 Å². The van der Waals surface area contributed by atoms with Gasteiger partial charge in [0.1, 0.15) is 0 Å². The summed E-state index contributed by atoms with van der Waals surface area (Å²) in [6.07, 6.45) is 8.72. The Hall–Kier alpha value is -1.40. The first-order chi connectivity index (χ1) is 12.1. The lowest BCUT2D eigenvalue weighted by molar-refractivity contribution is -0.115. The minimum atomic E-state index is -0.888. The van der Waals surface area contributed by atoms with Crippen LogP contribution >= 0.6 is 0 Å². The molecule has 1 saturated heterocycles. The van der Waals surface area contributed by atoms with Gasteiger partial charge in [0.15, 0.2) is 5.69 Å². The van der Waals surface area contributed by atoms with E-state index in [1.54, 1.807) is 0 Å². The van der Waals surface area contributed by atoms with Crippen molar-refractivity contribution in [1.82, 2.24) is 14.7 Å². The van der Waals surface area contributed by atoms with Gasteiger partial charge in [0.2, 0.25) is 0 Å². The third-order valence-corrected chi connectivity index (χ3v) is 6.27. The summed E-state index contributed by atoms with van der Waals surface area (Å²) in [7, 11) is 0. The maximum atomic E-state index is 11.7. The maximum absolute atomic E-state index is 11.7. The van der Waals surface area contributed by atoms with E-state index in [1.165, 1.54) is 25.7 Å². The first-order valence-electron chi connectivity index (χ1n) is 9.82. The molecule has 1 atom stereocenters. The SMILES string of the molecule is CCCn1nc(C(=O)O)c2c1CC[C@H](N1CCOC3(CCCC3)C1)C2. The van der Waals surface area contributed by atoms with Crippen LogP contribution in [0.15, 0.2) is 0 Å². The smallest absolute Gasteiger partial charge is 0.356 e. The second-order valence-corrected chi connectivity index (χ2v) is 7.91. The van der Waals surface area contributed by atoms with Crippen molar-refractivity contribution in [2.45, 2.75) is 76.5 Å². The number of nitrogens with zero attached hydrogens (tertiary/aromatic N) is 3. The number of aromatic carboxylic acids is 1. The Morgan fingerprint density at radius 3 is 2.92 bits per heavy atom. The van der Waals surface area contributed by atoms with Crippen molar-refractivity contribution in [3.05, 3.63) is 17.0 Å². The molecule has 2 aliphatic carbocycles. The average Bonchev–Trinajstić information content (AvgIpc) is 3.20. The molecule has 1 aromatic rings. The van der Waals surface area contributed by atoms with Crippen molar-refractivity contribution in [2.75, 3.05) is 19.7 Å². The Kier molecular flexibility index (Phi) is 4.58. The molecule has 1 saturated carbocycles. The van der Waals surface area contributed by atoms with Crippen LogP contribution in [0.2, 0.25) is 0 Å². The van der Waals surface area contributed by atoms with Gasteiger partial charge in [-0.2, -0.15) is 5.10 Å². The molecular weight excluding hydrogens is 318 g/mol. The van der Waals surface area contributed by atoms with Gasteiger partial charge < -0.3 is 9.84 Å². The van der Waals surface area contributed by atoms with Crippen molar-refractivity contribution in [2.24, 2.45) is 0 Å². The minimum absolute atomic E-state index is 0.0700. The van der Waals surface area contributed by atoms with E-state index in [-0.39, 0.29) is 11.3 Å². The van der Waals surface area contributed by atoms with E-state index >= 15 is 0 Å². The molecule has 25 heavy (non-hydrogen) atoms. The fraction of sp³-hybridized carbons (Fsp3) is 0.789. The summed E-state index contributed by atoms with van der Waals surface area (Å²) in [4.78, 5) is 14.2. The summed E-state index contributed by atoms with van der Waals surface area (Å²) >= 11 is 0. The first kappa shape index (κ1) is 17.0. The Morgan fingerprint density at radius 2 is 2.20 bits per heavy atom. The summed E-state index contributed by atoms with van der Waals surface area (Å²) in [5.41, 5.74) is 2.47. The third-order valence-electron chi connectivity index (χ3n) is 6.27. The van der Waals surface area contributed by atoms with Gasteiger partial charge in [0, 0.05) is 36.9 Å². The lowest BCUT2D eigenvalue weighted by Gasteiger charge is -2.45. The van der Waals surface area contributed by atoms with Crippen LogP contribution in [0.1, 0.15) is 67.2 Å². The van der Waals surface area contributed by atoms with Gasteiger partial charge in [0.05, 0.1) is 12.2 Å². The maximum Gasteiger partial charge on any atom is 0.356 e. The number of rotatable bonds is 4. The molecule has 0 unspecified atom stereocenters. The molecule has 0 amide bonds. The van der Waals surface area contributed by atoms with E-state index in [2.05, 4.69) is 16.9 Å². The van der Waals surface area contributed by atoms with E-state index in [1.807, 2.05) is 4.68 Å². The Bertz CT molecular complexity index is 649. The molecule has 138 valence electrons. The molecule has 1 aromatic heterocycles. The second kappa shape index (κ2) is 6.72. The van der Waals surface area contributed by atoms with Crippen LogP contribution < -0.4 is 0 Å². The largest absolute Gasteiger partial charge is 0.476 e. The number of morpholine rings is 1. The highest BCUT2D eigenvalue weighted by Gasteiger charge is 2.42. The van der Waals surface area contributed by atoms with Gasteiger partial charge in [0.25, 0.3) is 0 Å². The van der Waals surface area contributed by atoms with Gasteiger partial charge in [-0.05, 0) is 38.5 Å². The average molecular weight is 347 g/mol. The lowest BCUT2D eigenvalue weighted by Crippen LogP contribution is -2.54. The number of aromatic nitrogens is 2. The number of carboxylic acids is 1. The molecule has 0 radical (unpaired) electrons. The molecule has 2 heterocycles. The van der Waals surface area contributed by atoms with E-state index in [0.29, 0.717) is 6.04 Å². The van der Waals surface area contributed by atoms with Crippen molar-refractivity contribution in [3.63, 3.8) is 0 Å². The number of carboxylic acid groups (broad SMARTS) is 1. The van der Waals surface area contributed by atoms with Gasteiger partial charge in [-0.25, -0.2) is 4.79 Å². The first-order valence-corrected chi connectivity index (χ1v) is 9.82. The highest BCUT2D eigenvalue weighted by molar-refractivity contribution is 5.87.